The molecule has 156 valence electrons. The Hall–Kier alpha value is -3.19. The van der Waals surface area contributed by atoms with Gasteiger partial charge in [0.25, 0.3) is 5.56 Å². The molecule has 1 aliphatic rings. The molecule has 7 heteroatoms. The number of likely N-dealkylation sites (N-methyl/N-ethyl adjacent to an activating group) is 1. The van der Waals surface area contributed by atoms with E-state index in [4.69, 9.17) is 0 Å². The number of piperazine rings is 1. The van der Waals surface area contributed by atoms with Gasteiger partial charge in [-0.05, 0) is 30.8 Å². The number of anilines is 2. The quantitative estimate of drug-likeness (QED) is 0.683. The lowest BCUT2D eigenvalue weighted by Crippen LogP contribution is -2.46. The topological polar surface area (TPSA) is 70.5 Å². The normalized spacial score (nSPS) is 14.8. The van der Waals surface area contributed by atoms with E-state index in [2.05, 4.69) is 33.1 Å². The van der Waals surface area contributed by atoms with Crippen molar-refractivity contribution < 1.29 is 4.79 Å². The highest BCUT2D eigenvalue weighted by Crippen LogP contribution is 2.26. The summed E-state index contributed by atoms with van der Waals surface area (Å²) in [5, 5.41) is 3.60. The van der Waals surface area contributed by atoms with Crippen molar-refractivity contribution >= 4 is 28.2 Å². The molecule has 0 bridgehead atoms. The summed E-state index contributed by atoms with van der Waals surface area (Å²) < 4.78 is 1.50. The monoisotopic (exact) mass is 405 g/mol. The van der Waals surface area contributed by atoms with Crippen molar-refractivity contribution in [1.29, 1.82) is 0 Å². The fraction of sp³-hybridized carbons (Fsp3) is 0.348. The van der Waals surface area contributed by atoms with E-state index < -0.39 is 0 Å². The van der Waals surface area contributed by atoms with Gasteiger partial charge in [-0.2, -0.15) is 0 Å². The van der Waals surface area contributed by atoms with E-state index in [0.29, 0.717) is 17.4 Å². The number of hydrogen-bond acceptors (Lipinski definition) is 5. The van der Waals surface area contributed by atoms with Crippen molar-refractivity contribution in [2.45, 2.75) is 19.9 Å². The van der Waals surface area contributed by atoms with Gasteiger partial charge in [0.2, 0.25) is 5.91 Å². The van der Waals surface area contributed by atoms with Gasteiger partial charge in [0.1, 0.15) is 0 Å². The van der Waals surface area contributed by atoms with Gasteiger partial charge in [-0.3, -0.25) is 14.2 Å². The van der Waals surface area contributed by atoms with E-state index in [9.17, 15) is 9.59 Å². The lowest BCUT2D eigenvalue weighted by molar-refractivity contribution is -0.116. The highest BCUT2D eigenvalue weighted by atomic mass is 16.2. The number of benzene rings is 2. The molecule has 0 aliphatic carbocycles. The molecule has 2 heterocycles. The third-order valence-corrected chi connectivity index (χ3v) is 5.65. The van der Waals surface area contributed by atoms with Crippen LogP contribution in [0.2, 0.25) is 0 Å². The van der Waals surface area contributed by atoms with Gasteiger partial charge in [0, 0.05) is 39.1 Å². The molecule has 0 spiro atoms. The Kier molecular flexibility index (Phi) is 6.09. The van der Waals surface area contributed by atoms with Gasteiger partial charge in [-0.15, -0.1) is 0 Å². The number of nitrogens with one attached hydrogen (secondary N) is 1. The summed E-state index contributed by atoms with van der Waals surface area (Å²) >= 11 is 0. The second-order valence-corrected chi connectivity index (χ2v) is 7.50. The fourth-order valence-electron chi connectivity index (χ4n) is 3.86. The smallest absolute Gasteiger partial charge is 0.261 e. The van der Waals surface area contributed by atoms with Crippen molar-refractivity contribution in [3.8, 4) is 0 Å². The summed E-state index contributed by atoms with van der Waals surface area (Å²) in [6, 6.07) is 15.2. The Morgan fingerprint density at radius 1 is 1.03 bits per heavy atom. The first-order chi connectivity index (χ1) is 14.7. The van der Waals surface area contributed by atoms with E-state index in [1.807, 2.05) is 36.4 Å². The Morgan fingerprint density at radius 2 is 1.77 bits per heavy atom. The molecule has 0 atom stereocenters. The van der Waals surface area contributed by atoms with Crippen LogP contribution in [0.4, 0.5) is 11.4 Å². The molecule has 0 radical (unpaired) electrons. The predicted molar refractivity (Wildman–Crippen MR) is 120 cm³/mol. The minimum Gasteiger partial charge on any atom is -0.367 e. The van der Waals surface area contributed by atoms with Crippen LogP contribution in [0, 0.1) is 0 Å². The molecule has 3 aromatic rings. The zero-order chi connectivity index (χ0) is 20.9. The molecule has 1 N–H and O–H groups in total. The third kappa shape index (κ3) is 4.36. The second kappa shape index (κ2) is 9.09. The Morgan fingerprint density at radius 3 is 2.57 bits per heavy atom. The van der Waals surface area contributed by atoms with Crippen molar-refractivity contribution in [3.05, 3.63) is 65.2 Å². The maximum absolute atomic E-state index is 12.6. The van der Waals surface area contributed by atoms with Gasteiger partial charge >= 0.3 is 0 Å². The Bertz CT molecular complexity index is 1090. The van der Waals surface area contributed by atoms with Crippen LogP contribution in [0.15, 0.2) is 59.7 Å². The van der Waals surface area contributed by atoms with Crippen LogP contribution in [-0.2, 0) is 11.3 Å². The Labute approximate surface area is 175 Å². The van der Waals surface area contributed by atoms with Crippen molar-refractivity contribution in [2.75, 3.05) is 42.9 Å². The maximum Gasteiger partial charge on any atom is 0.261 e. The molecule has 30 heavy (non-hydrogen) atoms. The van der Waals surface area contributed by atoms with Gasteiger partial charge in [0.05, 0.1) is 28.6 Å². The van der Waals surface area contributed by atoms with Gasteiger partial charge in [0.15, 0.2) is 0 Å². The maximum atomic E-state index is 12.6. The number of nitrogens with zero attached hydrogens (tertiary/aromatic N) is 4. The van der Waals surface area contributed by atoms with Crippen LogP contribution in [-0.4, -0.2) is 53.1 Å². The lowest BCUT2D eigenvalue weighted by Gasteiger charge is -2.36. The zero-order valence-electron chi connectivity index (χ0n) is 17.3. The van der Waals surface area contributed by atoms with Crippen molar-refractivity contribution in [1.82, 2.24) is 14.5 Å². The van der Waals surface area contributed by atoms with E-state index >= 15 is 0 Å². The zero-order valence-corrected chi connectivity index (χ0v) is 17.3. The summed E-state index contributed by atoms with van der Waals surface area (Å²) in [7, 11) is 0. The van der Waals surface area contributed by atoms with Crippen LogP contribution in [0.1, 0.15) is 13.3 Å². The summed E-state index contributed by atoms with van der Waals surface area (Å²) in [4.78, 5) is 34.3. The number of fused-ring (bicyclic) bond motifs is 1. The molecule has 0 saturated carbocycles. The van der Waals surface area contributed by atoms with Crippen LogP contribution < -0.4 is 15.8 Å². The lowest BCUT2D eigenvalue weighted by atomic mass is 10.2. The summed E-state index contributed by atoms with van der Waals surface area (Å²) in [6.45, 7) is 7.47. The van der Waals surface area contributed by atoms with Crippen LogP contribution in [0.3, 0.4) is 0 Å². The fourth-order valence-corrected chi connectivity index (χ4v) is 3.86. The predicted octanol–water partition coefficient (Wildman–Crippen LogP) is 2.57. The summed E-state index contributed by atoms with van der Waals surface area (Å²) in [5.41, 5.74) is 2.41. The standard InChI is InChI=1S/C23H27N5O2/c1-2-26-13-15-27(16-14-26)21-10-6-5-9-20(21)25-22(29)11-12-28-17-24-19-8-4-3-7-18(19)23(28)30/h3-10,17H,2,11-16H2,1H3,(H,25,29). The molecule has 1 amide bonds. The highest BCUT2D eigenvalue weighted by Gasteiger charge is 2.18. The molecular weight excluding hydrogens is 378 g/mol. The van der Waals surface area contributed by atoms with Gasteiger partial charge in [-0.1, -0.05) is 31.2 Å². The summed E-state index contributed by atoms with van der Waals surface area (Å²) in [6.07, 6.45) is 1.72. The van der Waals surface area contributed by atoms with E-state index in [0.717, 1.165) is 44.1 Å². The van der Waals surface area contributed by atoms with E-state index in [1.54, 1.807) is 6.07 Å². The number of rotatable bonds is 6. The van der Waals surface area contributed by atoms with E-state index in [1.165, 1.54) is 10.9 Å². The average molecular weight is 406 g/mol. The number of hydrogen-bond donors (Lipinski definition) is 1. The highest BCUT2D eigenvalue weighted by molar-refractivity contribution is 5.94. The molecule has 7 nitrogen and oxygen atoms in total. The molecule has 0 unspecified atom stereocenters. The minimum absolute atomic E-state index is 0.116. The molecule has 4 rings (SSSR count). The van der Waals surface area contributed by atoms with Crippen LogP contribution >= 0.6 is 0 Å². The number of para-hydroxylation sites is 3. The van der Waals surface area contributed by atoms with E-state index in [-0.39, 0.29) is 17.9 Å². The van der Waals surface area contributed by atoms with Gasteiger partial charge in [-0.25, -0.2) is 4.98 Å². The Balaban J connectivity index is 1.42. The number of carbonyl (C=O) groups is 1. The van der Waals surface area contributed by atoms with Crippen molar-refractivity contribution in [2.24, 2.45) is 0 Å². The number of aryl methyl sites for hydroxylation is 1. The molecule has 1 aromatic heterocycles. The first-order valence-electron chi connectivity index (χ1n) is 10.5. The molecule has 1 saturated heterocycles. The first-order valence-corrected chi connectivity index (χ1v) is 10.5. The third-order valence-electron chi connectivity index (χ3n) is 5.65. The molecule has 2 aromatic carbocycles. The van der Waals surface area contributed by atoms with Crippen LogP contribution in [0.5, 0.6) is 0 Å². The number of aromatic nitrogens is 2. The largest absolute Gasteiger partial charge is 0.367 e. The first kappa shape index (κ1) is 20.1. The van der Waals surface area contributed by atoms with Crippen LogP contribution in [0.25, 0.3) is 10.9 Å². The SMILES string of the molecule is CCN1CCN(c2ccccc2NC(=O)CCn2cnc3ccccc3c2=O)CC1. The number of carbonyl (C=O) groups excluding carboxylic acids is 1. The number of amides is 1. The summed E-state index contributed by atoms with van der Waals surface area (Å²) in [5.74, 6) is -0.116. The van der Waals surface area contributed by atoms with Gasteiger partial charge < -0.3 is 15.1 Å². The average Bonchev–Trinajstić information content (AvgIpc) is 2.79. The molecule has 1 fully saturated rings. The molecule has 1 aliphatic heterocycles. The van der Waals surface area contributed by atoms with Crippen molar-refractivity contribution in [3.63, 3.8) is 0 Å². The minimum atomic E-state index is -0.123. The second-order valence-electron chi connectivity index (χ2n) is 7.50. The molecular formula is C23H27N5O2.